The second-order valence-corrected chi connectivity index (χ2v) is 4.12. The van der Waals surface area contributed by atoms with E-state index >= 15 is 0 Å². The van der Waals surface area contributed by atoms with Crippen LogP contribution in [-0.2, 0) is 9.59 Å². The average Bonchev–Trinajstić information content (AvgIpc) is 2.44. The Morgan fingerprint density at radius 1 is 1.40 bits per heavy atom. The minimum Gasteiger partial charge on any atom is -0.548 e. The van der Waals surface area contributed by atoms with Crippen LogP contribution >= 0.6 is 0 Å². The van der Waals surface area contributed by atoms with Crippen molar-refractivity contribution in [3.05, 3.63) is 34.6 Å². The number of benzene rings is 1. The van der Waals surface area contributed by atoms with E-state index in [9.17, 15) is 19.5 Å². The van der Waals surface area contributed by atoms with Gasteiger partial charge in [0.1, 0.15) is 11.6 Å². The zero-order chi connectivity index (χ0) is 14.7. The molecule has 8 nitrogen and oxygen atoms in total. The summed E-state index contributed by atoms with van der Waals surface area (Å²) in [4.78, 5) is 34.2. The van der Waals surface area contributed by atoms with Crippen LogP contribution in [0.4, 0.5) is 0 Å². The molecular formula is C12H11N4O4-. The highest BCUT2D eigenvalue weighted by molar-refractivity contribution is 5.83. The average molecular weight is 275 g/mol. The molecule has 0 radical (unpaired) electrons. The SMILES string of the molecule is C[C@@H](C(=O)NCC(=O)[O-])n1nnc2ccccc2c1=O. The topological polar surface area (TPSA) is 117 Å². The molecule has 1 amide bonds. The van der Waals surface area contributed by atoms with Crippen molar-refractivity contribution in [2.75, 3.05) is 6.54 Å². The van der Waals surface area contributed by atoms with Crippen LogP contribution in [0.2, 0.25) is 0 Å². The molecule has 1 heterocycles. The third-order valence-electron chi connectivity index (χ3n) is 2.74. The minimum absolute atomic E-state index is 0.335. The molecular weight excluding hydrogens is 264 g/mol. The number of hydrogen-bond acceptors (Lipinski definition) is 6. The lowest BCUT2D eigenvalue weighted by Crippen LogP contribution is -2.42. The van der Waals surface area contributed by atoms with E-state index in [4.69, 9.17) is 0 Å². The molecule has 0 aliphatic rings. The minimum atomic E-state index is -1.41. The number of carboxylic acid groups (broad SMARTS) is 1. The smallest absolute Gasteiger partial charge is 0.278 e. The lowest BCUT2D eigenvalue weighted by molar-refractivity contribution is -0.304. The molecule has 2 rings (SSSR count). The van der Waals surface area contributed by atoms with E-state index in [1.807, 2.05) is 0 Å². The number of carbonyl (C=O) groups excluding carboxylic acids is 2. The summed E-state index contributed by atoms with van der Waals surface area (Å²) in [6.07, 6.45) is 0. The summed E-state index contributed by atoms with van der Waals surface area (Å²) in [5.74, 6) is -2.07. The fraction of sp³-hybridized carbons (Fsp3) is 0.250. The Bertz CT molecular complexity index is 725. The number of nitrogens with zero attached hydrogens (tertiary/aromatic N) is 3. The highest BCUT2D eigenvalue weighted by atomic mass is 16.4. The van der Waals surface area contributed by atoms with Crippen molar-refractivity contribution in [3.63, 3.8) is 0 Å². The quantitative estimate of drug-likeness (QED) is 0.705. The number of carbonyl (C=O) groups is 2. The van der Waals surface area contributed by atoms with Crippen LogP contribution < -0.4 is 16.0 Å². The molecule has 0 unspecified atom stereocenters. The van der Waals surface area contributed by atoms with Crippen LogP contribution in [0, 0.1) is 0 Å². The van der Waals surface area contributed by atoms with Crippen LogP contribution in [-0.4, -0.2) is 33.4 Å². The highest BCUT2D eigenvalue weighted by Crippen LogP contribution is 2.06. The number of fused-ring (bicyclic) bond motifs is 1. The van der Waals surface area contributed by atoms with E-state index in [0.717, 1.165) is 4.68 Å². The van der Waals surface area contributed by atoms with Crippen molar-refractivity contribution < 1.29 is 14.7 Å². The van der Waals surface area contributed by atoms with Crippen molar-refractivity contribution >= 4 is 22.8 Å². The van der Waals surface area contributed by atoms with Gasteiger partial charge in [-0.1, -0.05) is 17.3 Å². The van der Waals surface area contributed by atoms with Gasteiger partial charge in [-0.2, -0.15) is 4.68 Å². The molecule has 1 aromatic carbocycles. The molecule has 0 fully saturated rings. The van der Waals surface area contributed by atoms with Gasteiger partial charge in [0.2, 0.25) is 5.91 Å². The molecule has 0 saturated carbocycles. The number of aromatic nitrogens is 3. The number of hydrogen-bond donors (Lipinski definition) is 1. The Kier molecular flexibility index (Phi) is 3.74. The van der Waals surface area contributed by atoms with Gasteiger partial charge in [-0.05, 0) is 19.1 Å². The van der Waals surface area contributed by atoms with Crippen LogP contribution in [0.1, 0.15) is 13.0 Å². The summed E-state index contributed by atoms with van der Waals surface area (Å²) >= 11 is 0. The first-order chi connectivity index (χ1) is 9.50. The maximum atomic E-state index is 12.2. The Morgan fingerprint density at radius 2 is 2.10 bits per heavy atom. The van der Waals surface area contributed by atoms with Crippen molar-refractivity contribution in [1.82, 2.24) is 20.3 Å². The predicted molar refractivity (Wildman–Crippen MR) is 66.5 cm³/mol. The van der Waals surface area contributed by atoms with Gasteiger partial charge < -0.3 is 15.2 Å². The molecule has 0 saturated heterocycles. The first-order valence-electron chi connectivity index (χ1n) is 5.82. The molecule has 0 aliphatic carbocycles. The van der Waals surface area contributed by atoms with Gasteiger partial charge in [0, 0.05) is 0 Å². The maximum absolute atomic E-state index is 12.2. The van der Waals surface area contributed by atoms with Gasteiger partial charge in [-0.15, -0.1) is 5.10 Å². The van der Waals surface area contributed by atoms with Crippen LogP contribution in [0.15, 0.2) is 29.1 Å². The largest absolute Gasteiger partial charge is 0.548 e. The fourth-order valence-corrected chi connectivity index (χ4v) is 1.67. The van der Waals surface area contributed by atoms with E-state index in [0.29, 0.717) is 10.9 Å². The van der Waals surface area contributed by atoms with E-state index < -0.39 is 30.0 Å². The van der Waals surface area contributed by atoms with Crippen LogP contribution in [0.3, 0.4) is 0 Å². The number of aliphatic carboxylic acids is 1. The summed E-state index contributed by atoms with van der Waals surface area (Å²) in [5, 5.41) is 20.3. The van der Waals surface area contributed by atoms with Crippen molar-refractivity contribution in [3.8, 4) is 0 Å². The molecule has 1 aromatic heterocycles. The normalized spacial score (nSPS) is 12.1. The van der Waals surface area contributed by atoms with Crippen LogP contribution in [0.5, 0.6) is 0 Å². The first kappa shape index (κ1) is 13.7. The second kappa shape index (κ2) is 5.47. The lowest BCUT2D eigenvalue weighted by atomic mass is 10.2. The van der Waals surface area contributed by atoms with Gasteiger partial charge in [0.15, 0.2) is 0 Å². The molecule has 0 bridgehead atoms. The van der Waals surface area contributed by atoms with E-state index in [-0.39, 0.29) is 0 Å². The zero-order valence-corrected chi connectivity index (χ0v) is 10.6. The molecule has 8 heteroatoms. The van der Waals surface area contributed by atoms with Gasteiger partial charge in [-0.25, -0.2) is 0 Å². The van der Waals surface area contributed by atoms with E-state index in [1.165, 1.54) is 6.92 Å². The fourth-order valence-electron chi connectivity index (χ4n) is 1.67. The molecule has 2 aromatic rings. The molecule has 0 aliphatic heterocycles. The molecule has 0 spiro atoms. The Labute approximate surface area is 113 Å². The maximum Gasteiger partial charge on any atom is 0.278 e. The summed E-state index contributed by atoms with van der Waals surface area (Å²) in [6.45, 7) is 0.800. The lowest BCUT2D eigenvalue weighted by Gasteiger charge is -2.13. The van der Waals surface area contributed by atoms with E-state index in [1.54, 1.807) is 24.3 Å². The number of carboxylic acids is 1. The number of nitrogens with one attached hydrogen (secondary N) is 1. The molecule has 104 valence electrons. The van der Waals surface area contributed by atoms with Crippen molar-refractivity contribution in [1.29, 1.82) is 0 Å². The standard InChI is InChI=1S/C12H12N4O4/c1-7(11(19)13-6-10(17)18)16-12(20)8-4-2-3-5-9(8)14-15-16/h2-5,7H,6H2,1H3,(H,13,19)(H,17,18)/p-1/t7-/m0/s1. The number of rotatable bonds is 4. The van der Waals surface area contributed by atoms with Gasteiger partial charge >= 0.3 is 0 Å². The third-order valence-corrected chi connectivity index (χ3v) is 2.74. The first-order valence-corrected chi connectivity index (χ1v) is 5.82. The van der Waals surface area contributed by atoms with Gasteiger partial charge in [0.25, 0.3) is 5.56 Å². The molecule has 1 N–H and O–H groups in total. The summed E-state index contributed by atoms with van der Waals surface area (Å²) < 4.78 is 0.910. The second-order valence-electron chi connectivity index (χ2n) is 4.12. The Hall–Kier alpha value is -2.77. The van der Waals surface area contributed by atoms with Crippen LogP contribution in [0.25, 0.3) is 10.9 Å². The van der Waals surface area contributed by atoms with Gasteiger partial charge in [-0.3, -0.25) is 9.59 Å². The zero-order valence-electron chi connectivity index (χ0n) is 10.6. The third kappa shape index (κ3) is 2.63. The van der Waals surface area contributed by atoms with Crippen molar-refractivity contribution in [2.45, 2.75) is 13.0 Å². The van der Waals surface area contributed by atoms with Crippen molar-refractivity contribution in [2.24, 2.45) is 0 Å². The molecule has 1 atom stereocenters. The summed E-state index contributed by atoms with van der Waals surface area (Å²) in [7, 11) is 0. The van der Waals surface area contributed by atoms with E-state index in [2.05, 4.69) is 15.6 Å². The van der Waals surface area contributed by atoms with Gasteiger partial charge in [0.05, 0.1) is 17.9 Å². The summed E-state index contributed by atoms with van der Waals surface area (Å²) in [6, 6.07) is 5.63. The molecule has 20 heavy (non-hydrogen) atoms. The Balaban J connectivity index is 2.33. The predicted octanol–water partition coefficient (Wildman–Crippen LogP) is -1.78. The highest BCUT2D eigenvalue weighted by Gasteiger charge is 2.18. The Morgan fingerprint density at radius 3 is 2.80 bits per heavy atom. The monoisotopic (exact) mass is 275 g/mol. The number of amides is 1. The summed E-state index contributed by atoms with van der Waals surface area (Å²) in [5.41, 5.74) is -0.0391.